The van der Waals surface area contributed by atoms with Crippen LogP contribution in [0.5, 0.6) is 5.75 Å². The van der Waals surface area contributed by atoms with Crippen LogP contribution in [0.25, 0.3) is 0 Å². The van der Waals surface area contributed by atoms with Crippen LogP contribution in [0.4, 0.5) is 5.69 Å². The smallest absolute Gasteiger partial charge is 0.338 e. The molecule has 3 rings (SSSR count). The van der Waals surface area contributed by atoms with Crippen LogP contribution >= 0.6 is 11.3 Å². The molecule has 0 aliphatic heterocycles. The highest BCUT2D eigenvalue weighted by Crippen LogP contribution is 2.31. The zero-order valence-corrected chi connectivity index (χ0v) is 24.2. The van der Waals surface area contributed by atoms with E-state index in [9.17, 15) is 19.2 Å². The third-order valence-electron chi connectivity index (χ3n) is 6.33. The van der Waals surface area contributed by atoms with Gasteiger partial charge in [0, 0.05) is 11.2 Å². The van der Waals surface area contributed by atoms with Gasteiger partial charge in [0.1, 0.15) is 11.8 Å². The van der Waals surface area contributed by atoms with E-state index in [4.69, 9.17) is 9.47 Å². The second-order valence-electron chi connectivity index (χ2n) is 9.60. The second kappa shape index (κ2) is 13.7. The van der Waals surface area contributed by atoms with Crippen molar-refractivity contribution in [1.29, 1.82) is 0 Å². The number of methoxy groups -OCH3 is 1. The summed E-state index contributed by atoms with van der Waals surface area (Å²) in [5.74, 6) is -1.31. The van der Waals surface area contributed by atoms with Crippen molar-refractivity contribution in [2.75, 3.05) is 25.2 Å². The van der Waals surface area contributed by atoms with Gasteiger partial charge >= 0.3 is 5.97 Å². The lowest BCUT2D eigenvalue weighted by Gasteiger charge is -2.35. The Morgan fingerprint density at radius 2 is 1.73 bits per heavy atom. The average Bonchev–Trinajstić information content (AvgIpc) is 3.50. The van der Waals surface area contributed by atoms with Crippen LogP contribution in [-0.4, -0.2) is 49.5 Å². The van der Waals surface area contributed by atoms with Crippen molar-refractivity contribution in [3.63, 3.8) is 0 Å². The summed E-state index contributed by atoms with van der Waals surface area (Å²) >= 11 is 1.26. The summed E-state index contributed by atoms with van der Waals surface area (Å²) in [4.78, 5) is 54.4. The molecule has 2 aromatic carbocycles. The van der Waals surface area contributed by atoms with E-state index in [0.717, 1.165) is 0 Å². The zero-order valence-electron chi connectivity index (χ0n) is 23.4. The van der Waals surface area contributed by atoms with Crippen molar-refractivity contribution < 1.29 is 28.7 Å². The topological polar surface area (TPSA) is 114 Å². The van der Waals surface area contributed by atoms with Gasteiger partial charge in [0.15, 0.2) is 0 Å². The summed E-state index contributed by atoms with van der Waals surface area (Å²) in [5.41, 5.74) is 0.625. The van der Waals surface area contributed by atoms with E-state index in [-0.39, 0.29) is 13.2 Å². The number of amides is 3. The maximum Gasteiger partial charge on any atom is 0.338 e. The molecular formula is C30H35N3O6S. The van der Waals surface area contributed by atoms with Crippen LogP contribution < -0.4 is 20.3 Å². The molecule has 0 saturated carbocycles. The maximum atomic E-state index is 13.9. The molecule has 0 unspecified atom stereocenters. The van der Waals surface area contributed by atoms with Crippen LogP contribution in [0.2, 0.25) is 0 Å². The molecular weight excluding hydrogens is 530 g/mol. The average molecular weight is 566 g/mol. The first-order valence-electron chi connectivity index (χ1n) is 13.0. The lowest BCUT2D eigenvalue weighted by molar-refractivity contribution is -0.127. The normalized spacial score (nSPS) is 11.7. The number of ether oxygens (including phenoxy) is 2. The van der Waals surface area contributed by atoms with E-state index in [0.29, 0.717) is 33.9 Å². The second-order valence-corrected chi connectivity index (χ2v) is 10.5. The Labute approximate surface area is 238 Å². The van der Waals surface area contributed by atoms with Gasteiger partial charge in [-0.2, -0.15) is 0 Å². The molecule has 1 atom stereocenters. The van der Waals surface area contributed by atoms with Crippen LogP contribution in [0.1, 0.15) is 65.8 Å². The quantitative estimate of drug-likeness (QED) is 0.307. The van der Waals surface area contributed by atoms with E-state index in [2.05, 4.69) is 10.6 Å². The molecule has 3 amide bonds. The number of thiophene rings is 1. The Morgan fingerprint density at radius 1 is 1.00 bits per heavy atom. The monoisotopic (exact) mass is 565 g/mol. The van der Waals surface area contributed by atoms with Gasteiger partial charge in [0.2, 0.25) is 11.8 Å². The Kier molecular flexibility index (Phi) is 10.4. The van der Waals surface area contributed by atoms with Gasteiger partial charge in [-0.3, -0.25) is 19.3 Å². The first-order valence-corrected chi connectivity index (χ1v) is 13.8. The van der Waals surface area contributed by atoms with Crippen molar-refractivity contribution in [3.8, 4) is 5.75 Å². The van der Waals surface area contributed by atoms with E-state index >= 15 is 0 Å². The standard InChI is InChI=1S/C30H35N3O6S/c1-6-30(3,4)32-28(36)26(21-10-8-11-23(18-21)38-5)33(22-15-13-20(14-16-22)29(37)39-7-2)25(34)19-31-27(35)24-12-9-17-40-24/h8-18,26H,6-7,19H2,1-5H3,(H,31,35)(H,32,36)/t26-/m1/s1. The predicted octanol–water partition coefficient (Wildman–Crippen LogP) is 4.74. The Morgan fingerprint density at radius 3 is 2.33 bits per heavy atom. The van der Waals surface area contributed by atoms with Crippen molar-refractivity contribution in [3.05, 3.63) is 82.0 Å². The first-order chi connectivity index (χ1) is 19.1. The summed E-state index contributed by atoms with van der Waals surface area (Å²) in [6, 6.07) is 15.5. The summed E-state index contributed by atoms with van der Waals surface area (Å²) < 4.78 is 10.5. The highest BCUT2D eigenvalue weighted by atomic mass is 32.1. The fourth-order valence-electron chi connectivity index (χ4n) is 3.87. The summed E-state index contributed by atoms with van der Waals surface area (Å²) in [6.07, 6.45) is 0.655. The molecule has 1 heterocycles. The number of rotatable bonds is 12. The van der Waals surface area contributed by atoms with Crippen molar-refractivity contribution in [2.24, 2.45) is 0 Å². The van der Waals surface area contributed by atoms with Crippen LogP contribution in [0.3, 0.4) is 0 Å². The number of esters is 1. The lowest BCUT2D eigenvalue weighted by Crippen LogP contribution is -2.52. The van der Waals surface area contributed by atoms with E-state index in [1.54, 1.807) is 60.8 Å². The predicted molar refractivity (Wildman–Crippen MR) is 155 cm³/mol. The number of hydrogen-bond acceptors (Lipinski definition) is 7. The number of benzene rings is 2. The third-order valence-corrected chi connectivity index (χ3v) is 7.20. The fraction of sp³-hybridized carbons (Fsp3) is 0.333. The van der Waals surface area contributed by atoms with Gasteiger partial charge in [-0.25, -0.2) is 4.79 Å². The van der Waals surface area contributed by atoms with Crippen LogP contribution in [0, 0.1) is 0 Å². The van der Waals surface area contributed by atoms with Gasteiger partial charge in [-0.1, -0.05) is 25.1 Å². The van der Waals surface area contributed by atoms with E-state index in [1.165, 1.54) is 35.5 Å². The summed E-state index contributed by atoms with van der Waals surface area (Å²) in [6.45, 7) is 7.33. The highest BCUT2D eigenvalue weighted by Gasteiger charge is 2.35. The van der Waals surface area contributed by atoms with E-state index in [1.807, 2.05) is 20.8 Å². The maximum absolute atomic E-state index is 13.9. The van der Waals surface area contributed by atoms with Crippen molar-refractivity contribution >= 4 is 40.7 Å². The minimum atomic E-state index is -1.11. The molecule has 0 saturated heterocycles. The van der Waals surface area contributed by atoms with Crippen LogP contribution in [0.15, 0.2) is 66.0 Å². The van der Waals surface area contributed by atoms with Gasteiger partial charge in [0.25, 0.3) is 5.91 Å². The number of carbonyl (C=O) groups is 4. The van der Waals surface area contributed by atoms with Crippen molar-refractivity contribution in [2.45, 2.75) is 45.7 Å². The molecule has 10 heteroatoms. The molecule has 3 aromatic rings. The fourth-order valence-corrected chi connectivity index (χ4v) is 4.51. The van der Waals surface area contributed by atoms with Gasteiger partial charge < -0.3 is 20.1 Å². The van der Waals surface area contributed by atoms with Gasteiger partial charge in [-0.05, 0) is 80.6 Å². The number of anilines is 1. The van der Waals surface area contributed by atoms with Gasteiger partial charge in [-0.15, -0.1) is 11.3 Å². The Bertz CT molecular complexity index is 1320. The van der Waals surface area contributed by atoms with E-state index < -0.39 is 35.3 Å². The minimum Gasteiger partial charge on any atom is -0.497 e. The van der Waals surface area contributed by atoms with Crippen molar-refractivity contribution in [1.82, 2.24) is 10.6 Å². The zero-order chi connectivity index (χ0) is 29.3. The minimum absolute atomic E-state index is 0.223. The largest absolute Gasteiger partial charge is 0.497 e. The molecule has 0 spiro atoms. The van der Waals surface area contributed by atoms with Gasteiger partial charge in [0.05, 0.1) is 30.7 Å². The molecule has 0 aliphatic carbocycles. The number of hydrogen-bond donors (Lipinski definition) is 2. The third kappa shape index (κ3) is 7.69. The Hall–Kier alpha value is -4.18. The first kappa shape index (κ1) is 30.4. The molecule has 0 aliphatic rings. The number of nitrogens with one attached hydrogen (secondary N) is 2. The molecule has 0 radical (unpaired) electrons. The molecule has 212 valence electrons. The molecule has 1 aromatic heterocycles. The SMILES string of the molecule is CCOC(=O)c1ccc(N(C(=O)CNC(=O)c2cccs2)[C@@H](C(=O)NC(C)(C)CC)c2cccc(OC)c2)cc1. The highest BCUT2D eigenvalue weighted by molar-refractivity contribution is 7.12. The molecule has 0 bridgehead atoms. The molecule has 9 nitrogen and oxygen atoms in total. The summed E-state index contributed by atoms with van der Waals surface area (Å²) in [7, 11) is 1.52. The molecule has 2 N–H and O–H groups in total. The molecule has 40 heavy (non-hydrogen) atoms. The Balaban J connectivity index is 2.08. The lowest BCUT2D eigenvalue weighted by atomic mass is 9.98. The molecule has 0 fully saturated rings. The number of carbonyl (C=O) groups excluding carboxylic acids is 4. The van der Waals surface area contributed by atoms with Crippen LogP contribution in [-0.2, 0) is 14.3 Å². The number of nitrogens with zero attached hydrogens (tertiary/aromatic N) is 1. The summed E-state index contributed by atoms with van der Waals surface area (Å²) in [5, 5.41) is 7.48.